The normalized spacial score (nSPS) is 16.2. The average molecular weight is 656 g/mol. The van der Waals surface area contributed by atoms with Gasteiger partial charge in [0.2, 0.25) is 0 Å². The Bertz CT molecular complexity index is 1960. The first kappa shape index (κ1) is 32.4. The van der Waals surface area contributed by atoms with E-state index in [1.54, 1.807) is 62.4 Å². The van der Waals surface area contributed by atoms with Crippen LogP contribution in [0.25, 0.3) is 22.4 Å². The Kier molecular flexibility index (Phi) is 8.68. The number of hydrogen-bond acceptors (Lipinski definition) is 9. The predicted octanol–water partition coefficient (Wildman–Crippen LogP) is 4.34. The minimum Gasteiger partial charge on any atom is -0.465 e. The number of aromatic nitrogens is 3. The fourth-order valence-electron chi connectivity index (χ4n) is 5.31. The van der Waals surface area contributed by atoms with Crippen molar-refractivity contribution >= 4 is 42.8 Å². The Hall–Kier alpha value is -4.01. The minimum absolute atomic E-state index is 0.0452. The second kappa shape index (κ2) is 12.1. The van der Waals surface area contributed by atoms with E-state index in [0.717, 1.165) is 15.3 Å². The average Bonchev–Trinajstić information content (AvgIpc) is 3.38. The number of carbonyl (C=O) groups is 1. The number of nitrogens with zero attached hydrogens (tertiary/aromatic N) is 5. The zero-order valence-corrected chi connectivity index (χ0v) is 27.5. The Labute approximate surface area is 263 Å². The molecule has 14 heteroatoms. The van der Waals surface area contributed by atoms with E-state index < -0.39 is 30.7 Å². The number of anilines is 1. The second-order valence-electron chi connectivity index (χ2n) is 11.7. The van der Waals surface area contributed by atoms with Crippen molar-refractivity contribution in [3.8, 4) is 11.4 Å². The SMILES string of the molecule is CC[C@H]1COCCN1c1cc(C(C)(C)S(C)(=O)=O)cc(-c2ccc3c(cc(CN(C)C(=O)O)n3S(=O)(=O)c3ccccc3)n2)n1. The van der Waals surface area contributed by atoms with Crippen LogP contribution in [0.4, 0.5) is 10.6 Å². The van der Waals surface area contributed by atoms with Gasteiger partial charge in [0.05, 0.1) is 63.6 Å². The molecule has 5 rings (SSSR count). The molecular weight excluding hydrogens is 619 g/mol. The molecule has 1 aromatic carbocycles. The lowest BCUT2D eigenvalue weighted by Gasteiger charge is -2.37. The molecule has 4 aromatic rings. The first-order valence-corrected chi connectivity index (χ1v) is 17.8. The van der Waals surface area contributed by atoms with Crippen LogP contribution >= 0.6 is 0 Å². The van der Waals surface area contributed by atoms with Gasteiger partial charge in [-0.05, 0) is 68.3 Å². The Morgan fingerprint density at radius 2 is 1.76 bits per heavy atom. The molecule has 12 nitrogen and oxygen atoms in total. The van der Waals surface area contributed by atoms with Crippen LogP contribution in [0.1, 0.15) is 38.4 Å². The first-order valence-electron chi connectivity index (χ1n) is 14.5. The number of hydrogen-bond donors (Lipinski definition) is 1. The fourth-order valence-corrected chi connectivity index (χ4v) is 7.40. The highest BCUT2D eigenvalue weighted by Gasteiger charge is 2.35. The summed E-state index contributed by atoms with van der Waals surface area (Å²) < 4.78 is 59.1. The van der Waals surface area contributed by atoms with Crippen molar-refractivity contribution in [3.05, 3.63) is 71.9 Å². The van der Waals surface area contributed by atoms with Crippen molar-refractivity contribution in [3.63, 3.8) is 0 Å². The zero-order valence-electron chi connectivity index (χ0n) is 25.8. The molecular formula is C31H37N5O7S2. The molecule has 45 heavy (non-hydrogen) atoms. The summed E-state index contributed by atoms with van der Waals surface area (Å²) >= 11 is 0. The first-order chi connectivity index (χ1) is 21.1. The predicted molar refractivity (Wildman–Crippen MR) is 172 cm³/mol. The van der Waals surface area contributed by atoms with Crippen LogP contribution in [0.2, 0.25) is 0 Å². The lowest BCUT2D eigenvalue weighted by molar-refractivity contribution is 0.0925. The van der Waals surface area contributed by atoms with Gasteiger partial charge in [-0.15, -0.1) is 0 Å². The zero-order chi connectivity index (χ0) is 32.7. The summed E-state index contributed by atoms with van der Waals surface area (Å²) in [5.41, 5.74) is 2.16. The van der Waals surface area contributed by atoms with E-state index in [0.29, 0.717) is 48.0 Å². The molecule has 0 spiro atoms. The number of sulfone groups is 1. The maximum absolute atomic E-state index is 13.8. The van der Waals surface area contributed by atoms with Crippen LogP contribution < -0.4 is 4.90 Å². The van der Waals surface area contributed by atoms with E-state index >= 15 is 0 Å². The van der Waals surface area contributed by atoms with Gasteiger partial charge in [-0.2, -0.15) is 0 Å². The molecule has 0 aliphatic carbocycles. The standard InChI is InChI=1S/C31H37N5O7S2/c1-6-22-20-43-15-14-35(22)29-17-21(31(2,3)44(5,39)40)16-26(33-29)25-12-13-28-27(32-25)18-23(19-34(4)30(37)38)36(28)45(41,42)24-10-8-7-9-11-24/h7-13,16-18,22H,6,14-15,19-20H2,1-5H3,(H,37,38)/t22-/m0/s1. The molecule has 0 unspecified atom stereocenters. The van der Waals surface area contributed by atoms with Crippen LogP contribution in [0, 0.1) is 0 Å². The molecule has 1 amide bonds. The second-order valence-corrected chi connectivity index (χ2v) is 16.0. The van der Waals surface area contributed by atoms with Crippen LogP contribution in [0.3, 0.4) is 0 Å². The van der Waals surface area contributed by atoms with Gasteiger partial charge in [-0.1, -0.05) is 25.1 Å². The topological polar surface area (TPSA) is 152 Å². The molecule has 3 aromatic heterocycles. The molecule has 1 aliphatic rings. The molecule has 1 saturated heterocycles. The molecule has 4 heterocycles. The van der Waals surface area contributed by atoms with Gasteiger partial charge >= 0.3 is 6.09 Å². The molecule has 0 bridgehead atoms. The van der Waals surface area contributed by atoms with Crippen LogP contribution in [-0.2, 0) is 35.9 Å². The van der Waals surface area contributed by atoms with Crippen molar-refractivity contribution in [2.24, 2.45) is 0 Å². The van der Waals surface area contributed by atoms with Gasteiger partial charge in [0, 0.05) is 19.8 Å². The number of rotatable bonds is 9. The Morgan fingerprint density at radius 3 is 2.40 bits per heavy atom. The number of carboxylic acid groups (broad SMARTS) is 1. The highest BCUT2D eigenvalue weighted by Crippen LogP contribution is 2.35. The quantitative estimate of drug-likeness (QED) is 0.276. The summed E-state index contributed by atoms with van der Waals surface area (Å²) in [6.45, 7) is 6.77. The van der Waals surface area contributed by atoms with Crippen molar-refractivity contribution in [1.29, 1.82) is 0 Å². The van der Waals surface area contributed by atoms with Gasteiger partial charge in [-0.25, -0.2) is 35.6 Å². The van der Waals surface area contributed by atoms with Crippen LogP contribution in [0.15, 0.2) is 65.6 Å². The number of pyridine rings is 2. The summed E-state index contributed by atoms with van der Waals surface area (Å²) in [7, 11) is -6.30. The maximum Gasteiger partial charge on any atom is 0.407 e. The highest BCUT2D eigenvalue weighted by atomic mass is 32.2. The molecule has 1 aliphatic heterocycles. The van der Waals surface area contributed by atoms with Crippen molar-refractivity contribution in [2.75, 3.05) is 38.0 Å². The third-order valence-corrected chi connectivity index (χ3v) is 12.3. The van der Waals surface area contributed by atoms with E-state index in [2.05, 4.69) is 11.8 Å². The third-order valence-electron chi connectivity index (χ3n) is 8.38. The number of morpholine rings is 1. The minimum atomic E-state index is -4.12. The van der Waals surface area contributed by atoms with E-state index in [1.165, 1.54) is 25.4 Å². The number of ether oxygens (including phenoxy) is 1. The summed E-state index contributed by atoms with van der Waals surface area (Å²) in [5.74, 6) is 0.601. The largest absolute Gasteiger partial charge is 0.465 e. The maximum atomic E-state index is 13.8. The van der Waals surface area contributed by atoms with Crippen LogP contribution in [-0.4, -0.2) is 86.0 Å². The molecule has 1 N–H and O–H groups in total. The lowest BCUT2D eigenvalue weighted by Crippen LogP contribution is -2.45. The summed E-state index contributed by atoms with van der Waals surface area (Å²) in [5, 5.41) is 9.53. The van der Waals surface area contributed by atoms with Gasteiger partial charge in [0.25, 0.3) is 10.0 Å². The molecule has 1 fully saturated rings. The van der Waals surface area contributed by atoms with Gasteiger partial charge in [0.15, 0.2) is 9.84 Å². The highest BCUT2D eigenvalue weighted by molar-refractivity contribution is 7.91. The van der Waals surface area contributed by atoms with Crippen molar-refractivity contribution in [1.82, 2.24) is 18.8 Å². The lowest BCUT2D eigenvalue weighted by atomic mass is 10.0. The smallest absolute Gasteiger partial charge is 0.407 e. The van der Waals surface area contributed by atoms with E-state index in [4.69, 9.17) is 14.7 Å². The fraction of sp³-hybridized carbons (Fsp3) is 0.387. The third kappa shape index (κ3) is 6.14. The van der Waals surface area contributed by atoms with E-state index in [1.807, 2.05) is 0 Å². The van der Waals surface area contributed by atoms with Gasteiger partial charge in [-0.3, -0.25) is 0 Å². The Morgan fingerprint density at radius 1 is 1.04 bits per heavy atom. The number of benzene rings is 1. The van der Waals surface area contributed by atoms with E-state index in [9.17, 15) is 26.7 Å². The van der Waals surface area contributed by atoms with Crippen molar-refractivity contribution < 1.29 is 31.5 Å². The summed E-state index contributed by atoms with van der Waals surface area (Å²) in [4.78, 5) is 24.5. The van der Waals surface area contributed by atoms with Gasteiger partial charge in [0.1, 0.15) is 5.82 Å². The monoisotopic (exact) mass is 655 g/mol. The molecule has 1 atom stereocenters. The van der Waals surface area contributed by atoms with E-state index in [-0.39, 0.29) is 28.7 Å². The Balaban J connectivity index is 1.71. The molecule has 240 valence electrons. The molecule has 0 radical (unpaired) electrons. The summed E-state index contributed by atoms with van der Waals surface area (Å²) in [6, 6.07) is 16.3. The summed E-state index contributed by atoms with van der Waals surface area (Å²) in [6.07, 6.45) is 0.789. The van der Waals surface area contributed by atoms with Crippen molar-refractivity contribution in [2.45, 2.75) is 49.4 Å². The number of amides is 1. The molecule has 0 saturated carbocycles. The van der Waals surface area contributed by atoms with Crippen LogP contribution in [0.5, 0.6) is 0 Å². The number of fused-ring (bicyclic) bond motifs is 1. The van der Waals surface area contributed by atoms with Gasteiger partial charge < -0.3 is 19.6 Å².